The zero-order chi connectivity index (χ0) is 26.1. The van der Waals surface area contributed by atoms with Crippen molar-refractivity contribution in [2.45, 2.75) is 51.1 Å². The third-order valence-corrected chi connectivity index (χ3v) is 7.02. The zero-order valence-corrected chi connectivity index (χ0v) is 23.2. The number of benzene rings is 3. The second-order valence-electron chi connectivity index (χ2n) is 9.68. The molecule has 0 radical (unpaired) electrons. The van der Waals surface area contributed by atoms with Crippen LogP contribution in [0.25, 0.3) is 0 Å². The molecule has 7 heteroatoms. The molecule has 0 bridgehead atoms. The molecule has 4 nitrogen and oxygen atoms in total. The van der Waals surface area contributed by atoms with Gasteiger partial charge in [-0.05, 0) is 49.6 Å². The van der Waals surface area contributed by atoms with Gasteiger partial charge in [-0.2, -0.15) is 0 Å². The molecule has 0 aliphatic rings. The molecule has 0 saturated heterocycles. The number of hydrogen-bond acceptors (Lipinski definition) is 3. The van der Waals surface area contributed by atoms with E-state index in [1.807, 2.05) is 87.5 Å². The van der Waals surface area contributed by atoms with Crippen molar-refractivity contribution in [3.8, 4) is 0 Å². The molecule has 3 aromatic rings. The van der Waals surface area contributed by atoms with Crippen molar-refractivity contribution >= 4 is 46.8 Å². The average molecular weight is 544 g/mol. The van der Waals surface area contributed by atoms with E-state index in [-0.39, 0.29) is 17.6 Å². The molecule has 0 aliphatic heterocycles. The van der Waals surface area contributed by atoms with E-state index in [0.29, 0.717) is 28.8 Å². The Hall–Kier alpha value is -2.47. The van der Waals surface area contributed by atoms with Gasteiger partial charge < -0.3 is 10.2 Å². The van der Waals surface area contributed by atoms with E-state index in [9.17, 15) is 9.59 Å². The number of amides is 2. The van der Waals surface area contributed by atoms with Crippen molar-refractivity contribution in [3.05, 3.63) is 106 Å². The monoisotopic (exact) mass is 542 g/mol. The maximum absolute atomic E-state index is 13.6. The van der Waals surface area contributed by atoms with Gasteiger partial charge in [0.1, 0.15) is 6.04 Å². The highest BCUT2D eigenvalue weighted by Gasteiger charge is 2.32. The van der Waals surface area contributed by atoms with Crippen LogP contribution < -0.4 is 5.32 Å². The summed E-state index contributed by atoms with van der Waals surface area (Å²) in [6.45, 7) is 6.18. The third-order valence-electron chi connectivity index (χ3n) is 5.46. The van der Waals surface area contributed by atoms with Gasteiger partial charge >= 0.3 is 0 Å². The first-order chi connectivity index (χ1) is 17.1. The van der Waals surface area contributed by atoms with E-state index >= 15 is 0 Å². The predicted molar refractivity (Wildman–Crippen MR) is 151 cm³/mol. The number of hydrogen-bond donors (Lipinski definition) is 1. The molecule has 0 heterocycles. The zero-order valence-electron chi connectivity index (χ0n) is 20.8. The van der Waals surface area contributed by atoms with Gasteiger partial charge in [-0.15, -0.1) is 11.8 Å². The quantitative estimate of drug-likeness (QED) is 0.307. The Labute approximate surface area is 228 Å². The molecule has 0 fully saturated rings. The van der Waals surface area contributed by atoms with Gasteiger partial charge in [-0.25, -0.2) is 0 Å². The van der Waals surface area contributed by atoms with Gasteiger partial charge in [0.25, 0.3) is 0 Å². The van der Waals surface area contributed by atoms with Crippen LogP contribution in [0.2, 0.25) is 10.0 Å². The molecule has 3 aromatic carbocycles. The number of halogens is 2. The number of nitrogens with one attached hydrogen (secondary N) is 1. The largest absolute Gasteiger partial charge is 0.350 e. The lowest BCUT2D eigenvalue weighted by atomic mass is 10.0. The molecule has 0 saturated carbocycles. The van der Waals surface area contributed by atoms with Crippen LogP contribution in [0.15, 0.2) is 78.9 Å². The van der Waals surface area contributed by atoms with Crippen LogP contribution in [0, 0.1) is 0 Å². The maximum atomic E-state index is 13.6. The van der Waals surface area contributed by atoms with Gasteiger partial charge in [-0.3, -0.25) is 9.59 Å². The minimum absolute atomic E-state index is 0.0982. The highest BCUT2D eigenvalue weighted by molar-refractivity contribution is 7.99. The molecule has 190 valence electrons. The molecule has 0 spiro atoms. The first-order valence-corrected chi connectivity index (χ1v) is 13.7. The third kappa shape index (κ3) is 8.88. The summed E-state index contributed by atoms with van der Waals surface area (Å²) in [6.07, 6.45) is 0.426. The van der Waals surface area contributed by atoms with Crippen molar-refractivity contribution < 1.29 is 9.59 Å². The van der Waals surface area contributed by atoms with E-state index in [1.54, 1.807) is 17.0 Å². The Morgan fingerprint density at radius 1 is 0.917 bits per heavy atom. The second-order valence-corrected chi connectivity index (χ2v) is 11.5. The predicted octanol–water partition coefficient (Wildman–Crippen LogP) is 6.78. The van der Waals surface area contributed by atoms with Crippen molar-refractivity contribution in [3.63, 3.8) is 0 Å². The van der Waals surface area contributed by atoms with Gasteiger partial charge in [0.2, 0.25) is 11.8 Å². The van der Waals surface area contributed by atoms with Crippen molar-refractivity contribution in [2.75, 3.05) is 5.75 Å². The van der Waals surface area contributed by atoms with E-state index in [2.05, 4.69) is 5.32 Å². The maximum Gasteiger partial charge on any atom is 0.243 e. The SMILES string of the molecule is CC(C)(C)NC(=O)C(Cc1ccccc1)N(Cc1ccccc1)C(=O)CSCc1ccc(Cl)cc1Cl. The number of nitrogens with zero attached hydrogens (tertiary/aromatic N) is 1. The van der Waals surface area contributed by atoms with Gasteiger partial charge in [0, 0.05) is 34.3 Å². The molecule has 36 heavy (non-hydrogen) atoms. The summed E-state index contributed by atoms with van der Waals surface area (Å²) in [5.41, 5.74) is 2.46. The van der Waals surface area contributed by atoms with Crippen LogP contribution in [0.5, 0.6) is 0 Å². The lowest BCUT2D eigenvalue weighted by Gasteiger charge is -2.34. The van der Waals surface area contributed by atoms with Crippen molar-refractivity contribution in [1.29, 1.82) is 0 Å². The molecule has 2 amide bonds. The van der Waals surface area contributed by atoms with Crippen LogP contribution in [-0.4, -0.2) is 34.0 Å². The highest BCUT2D eigenvalue weighted by atomic mass is 35.5. The lowest BCUT2D eigenvalue weighted by Crippen LogP contribution is -2.54. The molecule has 0 aliphatic carbocycles. The standard InChI is InChI=1S/C29H32Cl2N2O2S/c1-29(2,3)32-28(35)26(16-21-10-6-4-7-11-21)33(18-22-12-8-5-9-13-22)27(34)20-36-19-23-14-15-24(30)17-25(23)31/h4-15,17,26H,16,18-20H2,1-3H3,(H,32,35). The summed E-state index contributed by atoms with van der Waals surface area (Å²) in [5, 5.41) is 4.24. The number of carbonyl (C=O) groups is 2. The van der Waals surface area contributed by atoms with E-state index in [1.165, 1.54) is 11.8 Å². The minimum Gasteiger partial charge on any atom is -0.350 e. The van der Waals surface area contributed by atoms with Crippen molar-refractivity contribution in [2.24, 2.45) is 0 Å². The summed E-state index contributed by atoms with van der Waals surface area (Å²) >= 11 is 13.8. The normalized spacial score (nSPS) is 12.1. The summed E-state index contributed by atoms with van der Waals surface area (Å²) in [5.74, 6) is 0.526. The molecule has 0 aromatic heterocycles. The molecular weight excluding hydrogens is 511 g/mol. The summed E-state index contributed by atoms with van der Waals surface area (Å²) < 4.78 is 0. The van der Waals surface area contributed by atoms with Crippen LogP contribution in [0.4, 0.5) is 0 Å². The molecule has 3 rings (SSSR count). The molecule has 1 atom stereocenters. The smallest absolute Gasteiger partial charge is 0.243 e. The number of carbonyl (C=O) groups excluding carboxylic acids is 2. The molecule has 1 N–H and O–H groups in total. The van der Waals surface area contributed by atoms with Gasteiger partial charge in [0.05, 0.1) is 5.75 Å². The Morgan fingerprint density at radius 2 is 1.53 bits per heavy atom. The summed E-state index contributed by atoms with van der Waals surface area (Å²) in [7, 11) is 0. The first-order valence-electron chi connectivity index (χ1n) is 11.8. The van der Waals surface area contributed by atoms with E-state index < -0.39 is 11.6 Å². The Morgan fingerprint density at radius 3 is 2.11 bits per heavy atom. The fourth-order valence-electron chi connectivity index (χ4n) is 3.76. The number of thioether (sulfide) groups is 1. The Kier molecular flexibility index (Phi) is 10.3. The van der Waals surface area contributed by atoms with Gasteiger partial charge in [-0.1, -0.05) is 89.9 Å². The van der Waals surface area contributed by atoms with Crippen LogP contribution in [-0.2, 0) is 28.3 Å². The van der Waals surface area contributed by atoms with Crippen LogP contribution >= 0.6 is 35.0 Å². The first kappa shape index (κ1) is 28.1. The minimum atomic E-state index is -0.654. The molecular formula is C29H32Cl2N2O2S. The van der Waals surface area contributed by atoms with Crippen LogP contribution in [0.1, 0.15) is 37.5 Å². The van der Waals surface area contributed by atoms with Gasteiger partial charge in [0.15, 0.2) is 0 Å². The van der Waals surface area contributed by atoms with Crippen molar-refractivity contribution in [1.82, 2.24) is 10.2 Å². The fraction of sp³-hybridized carbons (Fsp3) is 0.310. The fourth-order valence-corrected chi connectivity index (χ4v) is 5.23. The Balaban J connectivity index is 1.85. The summed E-state index contributed by atoms with van der Waals surface area (Å²) in [4.78, 5) is 28.9. The highest BCUT2D eigenvalue weighted by Crippen LogP contribution is 2.25. The second kappa shape index (κ2) is 13.2. The van der Waals surface area contributed by atoms with Crippen LogP contribution in [0.3, 0.4) is 0 Å². The topological polar surface area (TPSA) is 49.4 Å². The lowest BCUT2D eigenvalue weighted by molar-refractivity contribution is -0.140. The number of rotatable bonds is 10. The van der Waals surface area contributed by atoms with E-state index in [0.717, 1.165) is 16.7 Å². The summed E-state index contributed by atoms with van der Waals surface area (Å²) in [6, 6.07) is 24.3. The Bertz CT molecular complexity index is 1150. The van der Waals surface area contributed by atoms with E-state index in [4.69, 9.17) is 23.2 Å². The molecule has 1 unspecified atom stereocenters. The average Bonchev–Trinajstić information content (AvgIpc) is 2.83.